The average Bonchev–Trinajstić information content (AvgIpc) is 3.48. The molecule has 126 valence electrons. The van der Waals surface area contributed by atoms with E-state index in [1.54, 1.807) is 0 Å². The number of rotatable bonds is 7. The smallest absolute Gasteiger partial charge is 0.224 e. The van der Waals surface area contributed by atoms with Crippen LogP contribution in [0.3, 0.4) is 0 Å². The molecule has 1 N–H and O–H groups in total. The number of amides is 1. The van der Waals surface area contributed by atoms with E-state index in [1.165, 1.54) is 37.1 Å². The first-order valence-corrected chi connectivity index (χ1v) is 9.15. The van der Waals surface area contributed by atoms with E-state index in [4.69, 9.17) is 16.7 Å². The quantitative estimate of drug-likeness (QED) is 0.834. The molecule has 1 aromatic heterocycles. The van der Waals surface area contributed by atoms with Gasteiger partial charge in [-0.2, -0.15) is 5.10 Å². The number of aromatic nitrogens is 2. The minimum atomic E-state index is 0.0415. The summed E-state index contributed by atoms with van der Waals surface area (Å²) in [4.78, 5) is 12.1. The van der Waals surface area contributed by atoms with Gasteiger partial charge in [0, 0.05) is 29.1 Å². The molecule has 1 aromatic carbocycles. The minimum absolute atomic E-state index is 0.0415. The molecule has 0 saturated heterocycles. The van der Waals surface area contributed by atoms with Gasteiger partial charge in [0.15, 0.2) is 0 Å². The average molecular weight is 344 g/mol. The van der Waals surface area contributed by atoms with Gasteiger partial charge in [-0.25, -0.2) is 0 Å². The van der Waals surface area contributed by atoms with Crippen molar-refractivity contribution in [3.8, 4) is 0 Å². The molecule has 2 aliphatic rings. The van der Waals surface area contributed by atoms with Crippen molar-refractivity contribution in [3.63, 3.8) is 0 Å². The molecule has 1 heterocycles. The summed E-state index contributed by atoms with van der Waals surface area (Å²) in [7, 11) is 0. The highest BCUT2D eigenvalue weighted by molar-refractivity contribution is 6.30. The molecule has 2 aromatic rings. The molecule has 0 spiro atoms. The van der Waals surface area contributed by atoms with Gasteiger partial charge >= 0.3 is 0 Å². The predicted octanol–water partition coefficient (Wildman–Crippen LogP) is 3.65. The number of nitrogens with zero attached hydrogens (tertiary/aromatic N) is 2. The highest BCUT2D eigenvalue weighted by Gasteiger charge is 2.32. The second-order valence-electron chi connectivity index (χ2n) is 6.92. The zero-order valence-corrected chi connectivity index (χ0v) is 14.4. The third-order valence-electron chi connectivity index (χ3n) is 4.74. The number of carbonyl (C=O) groups excluding carboxylic acids is 1. The van der Waals surface area contributed by atoms with Crippen LogP contribution < -0.4 is 5.32 Å². The highest BCUT2D eigenvalue weighted by atomic mass is 35.5. The van der Waals surface area contributed by atoms with Gasteiger partial charge in [0.05, 0.1) is 18.7 Å². The first-order chi connectivity index (χ1) is 11.7. The number of hydrogen-bond donors (Lipinski definition) is 1. The van der Waals surface area contributed by atoms with Crippen LogP contribution in [0, 0.1) is 0 Å². The van der Waals surface area contributed by atoms with Crippen LogP contribution in [0.5, 0.6) is 0 Å². The summed E-state index contributed by atoms with van der Waals surface area (Å²) < 4.78 is 2.12. The third kappa shape index (κ3) is 3.81. The highest BCUT2D eigenvalue weighted by Crippen LogP contribution is 2.44. The molecule has 5 heteroatoms. The van der Waals surface area contributed by atoms with Crippen molar-refractivity contribution in [2.75, 3.05) is 6.54 Å². The van der Waals surface area contributed by atoms with E-state index in [0.717, 1.165) is 12.1 Å². The molecule has 0 radical (unpaired) electrons. The maximum absolute atomic E-state index is 12.1. The maximum atomic E-state index is 12.1. The molecule has 4 rings (SSSR count). The Hall–Kier alpha value is -1.81. The van der Waals surface area contributed by atoms with Gasteiger partial charge in [0.25, 0.3) is 0 Å². The van der Waals surface area contributed by atoms with Crippen LogP contribution in [0.15, 0.2) is 30.3 Å². The van der Waals surface area contributed by atoms with Gasteiger partial charge in [-0.05, 0) is 49.4 Å². The van der Waals surface area contributed by atoms with Gasteiger partial charge in [0.1, 0.15) is 0 Å². The largest absolute Gasteiger partial charge is 0.354 e. The summed E-state index contributed by atoms with van der Waals surface area (Å²) in [5.41, 5.74) is 3.60. The predicted molar refractivity (Wildman–Crippen MR) is 94.3 cm³/mol. The van der Waals surface area contributed by atoms with E-state index in [9.17, 15) is 4.79 Å². The van der Waals surface area contributed by atoms with E-state index in [2.05, 4.69) is 16.1 Å². The second-order valence-corrected chi connectivity index (χ2v) is 7.36. The molecule has 0 aliphatic heterocycles. The van der Waals surface area contributed by atoms with Crippen molar-refractivity contribution in [2.24, 2.45) is 0 Å². The number of hydrogen-bond acceptors (Lipinski definition) is 2. The van der Waals surface area contributed by atoms with Crippen LogP contribution in [0.4, 0.5) is 0 Å². The standard InChI is InChI=1S/C19H22ClN3O/c20-16-7-1-13(2-8-16)11-19(24)21-9-10-23-18(15-5-6-15)12-17(22-23)14-3-4-14/h1-2,7-8,12,14-15H,3-6,9-11H2,(H,21,24). The summed E-state index contributed by atoms with van der Waals surface area (Å²) in [6.45, 7) is 1.38. The van der Waals surface area contributed by atoms with E-state index >= 15 is 0 Å². The summed E-state index contributed by atoms with van der Waals surface area (Å²) in [5.74, 6) is 1.41. The Kier molecular flexibility index (Phi) is 4.31. The summed E-state index contributed by atoms with van der Waals surface area (Å²) >= 11 is 5.86. The van der Waals surface area contributed by atoms with Crippen molar-refractivity contribution in [3.05, 3.63) is 52.3 Å². The lowest BCUT2D eigenvalue weighted by Crippen LogP contribution is -2.29. The molecule has 0 bridgehead atoms. The van der Waals surface area contributed by atoms with Crippen LogP contribution in [0.2, 0.25) is 5.02 Å². The molecule has 24 heavy (non-hydrogen) atoms. The topological polar surface area (TPSA) is 46.9 Å². The summed E-state index contributed by atoms with van der Waals surface area (Å²) in [5, 5.41) is 8.47. The van der Waals surface area contributed by atoms with Gasteiger partial charge < -0.3 is 5.32 Å². The van der Waals surface area contributed by atoms with E-state index in [-0.39, 0.29) is 5.91 Å². The van der Waals surface area contributed by atoms with E-state index in [1.807, 2.05) is 24.3 Å². The van der Waals surface area contributed by atoms with Crippen molar-refractivity contribution >= 4 is 17.5 Å². The first kappa shape index (κ1) is 15.7. The molecule has 1 amide bonds. The number of benzene rings is 1. The van der Waals surface area contributed by atoms with Crippen LogP contribution in [-0.2, 0) is 17.8 Å². The van der Waals surface area contributed by atoms with E-state index in [0.29, 0.717) is 29.8 Å². The number of nitrogens with one attached hydrogen (secondary N) is 1. The zero-order valence-electron chi connectivity index (χ0n) is 13.7. The van der Waals surface area contributed by atoms with Crippen molar-refractivity contribution in [1.82, 2.24) is 15.1 Å². The lowest BCUT2D eigenvalue weighted by Gasteiger charge is -2.08. The number of carbonyl (C=O) groups is 1. The van der Waals surface area contributed by atoms with Crippen molar-refractivity contribution < 1.29 is 4.79 Å². The van der Waals surface area contributed by atoms with Gasteiger partial charge in [-0.3, -0.25) is 9.48 Å². The van der Waals surface area contributed by atoms with Crippen LogP contribution in [-0.4, -0.2) is 22.2 Å². The molecule has 2 saturated carbocycles. The Morgan fingerprint density at radius 1 is 1.17 bits per heavy atom. The molecule has 0 atom stereocenters. The molecule has 2 fully saturated rings. The third-order valence-corrected chi connectivity index (χ3v) is 5.00. The maximum Gasteiger partial charge on any atom is 0.224 e. The molecular formula is C19H22ClN3O. The van der Waals surface area contributed by atoms with E-state index < -0.39 is 0 Å². The SMILES string of the molecule is O=C(Cc1ccc(Cl)cc1)NCCn1nc(C2CC2)cc1C1CC1. The molecule has 4 nitrogen and oxygen atoms in total. The summed E-state index contributed by atoms with van der Waals surface area (Å²) in [6.07, 6.45) is 5.49. The lowest BCUT2D eigenvalue weighted by atomic mass is 10.1. The van der Waals surface area contributed by atoms with Gasteiger partial charge in [0.2, 0.25) is 5.91 Å². The monoisotopic (exact) mass is 343 g/mol. The molecule has 0 unspecified atom stereocenters. The van der Waals surface area contributed by atoms with Crippen LogP contribution in [0.1, 0.15) is 54.5 Å². The minimum Gasteiger partial charge on any atom is -0.354 e. The fourth-order valence-corrected chi connectivity index (χ4v) is 3.19. The number of halogens is 1. The first-order valence-electron chi connectivity index (χ1n) is 8.78. The van der Waals surface area contributed by atoms with Gasteiger partial charge in [-0.15, -0.1) is 0 Å². The molecular weight excluding hydrogens is 322 g/mol. The van der Waals surface area contributed by atoms with Crippen LogP contribution >= 0.6 is 11.6 Å². The fourth-order valence-electron chi connectivity index (χ4n) is 3.07. The Morgan fingerprint density at radius 3 is 2.54 bits per heavy atom. The Bertz CT molecular complexity index is 730. The van der Waals surface area contributed by atoms with Crippen molar-refractivity contribution in [2.45, 2.75) is 50.5 Å². The Balaban J connectivity index is 1.30. The summed E-state index contributed by atoms with van der Waals surface area (Å²) in [6, 6.07) is 9.71. The van der Waals surface area contributed by atoms with Crippen molar-refractivity contribution in [1.29, 1.82) is 0 Å². The second kappa shape index (κ2) is 6.60. The lowest BCUT2D eigenvalue weighted by molar-refractivity contribution is -0.120. The van der Waals surface area contributed by atoms with Crippen LogP contribution in [0.25, 0.3) is 0 Å². The zero-order chi connectivity index (χ0) is 16.5. The molecule has 2 aliphatic carbocycles. The van der Waals surface area contributed by atoms with Gasteiger partial charge in [-0.1, -0.05) is 23.7 Å². The Morgan fingerprint density at radius 2 is 1.88 bits per heavy atom. The fraction of sp³-hybridized carbons (Fsp3) is 0.474. The normalized spacial score (nSPS) is 17.0. The Labute approximate surface area is 147 Å².